The van der Waals surface area contributed by atoms with Gasteiger partial charge in [0.05, 0.1) is 11.9 Å². The van der Waals surface area contributed by atoms with Crippen molar-refractivity contribution < 1.29 is 17.9 Å². The van der Waals surface area contributed by atoms with E-state index < -0.39 is 15.9 Å². The van der Waals surface area contributed by atoms with E-state index in [2.05, 4.69) is 9.71 Å². The Hall–Kier alpha value is -2.25. The smallest absolute Gasteiger partial charge is 0.283 e. The second-order valence-corrected chi connectivity index (χ2v) is 7.41. The number of rotatable bonds is 5. The van der Waals surface area contributed by atoms with Gasteiger partial charge in [-0.1, -0.05) is 30.3 Å². The summed E-state index contributed by atoms with van der Waals surface area (Å²) in [5.74, 6) is -0.942. The van der Waals surface area contributed by atoms with Crippen LogP contribution in [0.15, 0.2) is 48.7 Å². The highest BCUT2D eigenvalue weighted by Crippen LogP contribution is 2.19. The Bertz CT molecular complexity index is 815. The van der Waals surface area contributed by atoms with Gasteiger partial charge < -0.3 is 4.74 Å². The number of nitrogens with one attached hydrogen (secondary N) is 1. The number of aromatic nitrogens is 1. The van der Waals surface area contributed by atoms with Crippen molar-refractivity contribution in [3.05, 3.63) is 54.4 Å². The zero-order valence-corrected chi connectivity index (χ0v) is 13.8. The zero-order chi connectivity index (χ0) is 17.0. The molecule has 1 aromatic carbocycles. The second-order valence-electron chi connectivity index (χ2n) is 5.64. The van der Waals surface area contributed by atoms with Crippen LogP contribution >= 0.6 is 0 Å². The van der Waals surface area contributed by atoms with E-state index in [1.807, 2.05) is 30.3 Å². The summed E-state index contributed by atoms with van der Waals surface area (Å²) in [5, 5.41) is 0. The monoisotopic (exact) mass is 346 g/mol. The summed E-state index contributed by atoms with van der Waals surface area (Å²) in [7, 11) is -3.75. The quantitative estimate of drug-likeness (QED) is 0.895. The number of pyridine rings is 1. The maximum atomic E-state index is 12.2. The molecular formula is C17H18N2O4S. The van der Waals surface area contributed by atoms with E-state index in [-0.39, 0.29) is 17.6 Å². The lowest BCUT2D eigenvalue weighted by Crippen LogP contribution is -2.36. The number of sulfonamides is 1. The SMILES string of the molecule is O=C(NS(=O)(=O)CC1CCCO1)c1cc(-c2ccccc2)ccn1. The number of carbonyl (C=O) groups is 1. The number of amides is 1. The van der Waals surface area contributed by atoms with Crippen LogP contribution in [0.4, 0.5) is 0 Å². The van der Waals surface area contributed by atoms with Crippen LogP contribution in [-0.2, 0) is 14.8 Å². The zero-order valence-electron chi connectivity index (χ0n) is 13.0. The van der Waals surface area contributed by atoms with Gasteiger partial charge in [-0.3, -0.25) is 9.78 Å². The van der Waals surface area contributed by atoms with Gasteiger partial charge >= 0.3 is 0 Å². The van der Waals surface area contributed by atoms with E-state index in [1.54, 1.807) is 12.1 Å². The van der Waals surface area contributed by atoms with Crippen molar-refractivity contribution in [2.75, 3.05) is 12.4 Å². The third-order valence-electron chi connectivity index (χ3n) is 3.78. The van der Waals surface area contributed by atoms with Crippen LogP contribution in [0.3, 0.4) is 0 Å². The van der Waals surface area contributed by atoms with Crippen molar-refractivity contribution >= 4 is 15.9 Å². The molecule has 24 heavy (non-hydrogen) atoms. The van der Waals surface area contributed by atoms with Gasteiger partial charge in [0.1, 0.15) is 5.69 Å². The van der Waals surface area contributed by atoms with Crippen LogP contribution < -0.4 is 4.72 Å². The lowest BCUT2D eigenvalue weighted by atomic mass is 10.1. The van der Waals surface area contributed by atoms with Gasteiger partial charge in [-0.05, 0) is 36.1 Å². The largest absolute Gasteiger partial charge is 0.377 e. The maximum absolute atomic E-state index is 12.2. The molecule has 1 fully saturated rings. The van der Waals surface area contributed by atoms with Gasteiger partial charge in [-0.2, -0.15) is 0 Å². The van der Waals surface area contributed by atoms with Crippen molar-refractivity contribution in [2.24, 2.45) is 0 Å². The summed E-state index contributed by atoms with van der Waals surface area (Å²) in [5.41, 5.74) is 1.79. The molecule has 2 heterocycles. The first-order valence-electron chi connectivity index (χ1n) is 7.71. The van der Waals surface area contributed by atoms with E-state index in [4.69, 9.17) is 4.74 Å². The highest BCUT2D eigenvalue weighted by Gasteiger charge is 2.25. The van der Waals surface area contributed by atoms with E-state index in [1.165, 1.54) is 6.20 Å². The average Bonchev–Trinajstić information content (AvgIpc) is 3.07. The summed E-state index contributed by atoms with van der Waals surface area (Å²) in [6, 6.07) is 12.8. The summed E-state index contributed by atoms with van der Waals surface area (Å²) in [6.07, 6.45) is 2.68. The Morgan fingerprint density at radius 2 is 2.00 bits per heavy atom. The first-order valence-corrected chi connectivity index (χ1v) is 9.37. The minimum atomic E-state index is -3.75. The number of hydrogen-bond acceptors (Lipinski definition) is 5. The minimum absolute atomic E-state index is 0.0623. The summed E-state index contributed by atoms with van der Waals surface area (Å²) in [6.45, 7) is 0.564. The number of benzene rings is 1. The van der Waals surface area contributed by atoms with Gasteiger partial charge in [-0.15, -0.1) is 0 Å². The third-order valence-corrected chi connectivity index (χ3v) is 5.08. The molecule has 1 N–H and O–H groups in total. The summed E-state index contributed by atoms with van der Waals surface area (Å²) >= 11 is 0. The fraction of sp³-hybridized carbons (Fsp3) is 0.294. The minimum Gasteiger partial charge on any atom is -0.377 e. The molecule has 2 aromatic rings. The van der Waals surface area contributed by atoms with Crippen LogP contribution in [-0.4, -0.2) is 37.8 Å². The fourth-order valence-corrected chi connectivity index (χ4v) is 3.84. The molecule has 0 spiro atoms. The number of ether oxygens (including phenoxy) is 1. The molecule has 126 valence electrons. The van der Waals surface area contributed by atoms with Gasteiger partial charge in [0.2, 0.25) is 10.0 Å². The van der Waals surface area contributed by atoms with Crippen molar-refractivity contribution in [3.8, 4) is 11.1 Å². The molecule has 1 saturated heterocycles. The van der Waals surface area contributed by atoms with Crippen LogP contribution in [0.25, 0.3) is 11.1 Å². The molecule has 1 unspecified atom stereocenters. The Morgan fingerprint density at radius 1 is 1.21 bits per heavy atom. The second kappa shape index (κ2) is 7.11. The standard InChI is InChI=1S/C17H18N2O4S/c20-17(19-24(21,22)12-15-7-4-10-23-15)16-11-14(8-9-18-16)13-5-2-1-3-6-13/h1-3,5-6,8-9,11,15H,4,7,10,12H2,(H,19,20). The molecule has 7 heteroatoms. The molecule has 3 rings (SSSR count). The number of nitrogens with zero attached hydrogens (tertiary/aromatic N) is 1. The lowest BCUT2D eigenvalue weighted by Gasteiger charge is -2.11. The molecule has 1 aliphatic heterocycles. The van der Waals surface area contributed by atoms with Crippen LogP contribution in [0.1, 0.15) is 23.3 Å². The lowest BCUT2D eigenvalue weighted by molar-refractivity contribution is 0.0975. The van der Waals surface area contributed by atoms with Crippen molar-refractivity contribution in [3.63, 3.8) is 0 Å². The molecule has 1 atom stereocenters. The van der Waals surface area contributed by atoms with Crippen molar-refractivity contribution in [1.82, 2.24) is 9.71 Å². The fourth-order valence-electron chi connectivity index (χ4n) is 2.62. The highest BCUT2D eigenvalue weighted by atomic mass is 32.2. The predicted molar refractivity (Wildman–Crippen MR) is 89.9 cm³/mol. The first kappa shape index (κ1) is 16.6. The molecule has 0 bridgehead atoms. The van der Waals surface area contributed by atoms with E-state index in [0.717, 1.165) is 17.5 Å². The van der Waals surface area contributed by atoms with E-state index in [9.17, 15) is 13.2 Å². The Labute approximate surface area is 140 Å². The van der Waals surface area contributed by atoms with Gasteiger partial charge in [-0.25, -0.2) is 13.1 Å². The Balaban J connectivity index is 1.73. The maximum Gasteiger partial charge on any atom is 0.283 e. The molecule has 6 nitrogen and oxygen atoms in total. The topological polar surface area (TPSA) is 85.4 Å². The normalized spacial score (nSPS) is 17.6. The van der Waals surface area contributed by atoms with Crippen LogP contribution in [0, 0.1) is 0 Å². The average molecular weight is 346 g/mol. The van der Waals surface area contributed by atoms with Gasteiger partial charge in [0.25, 0.3) is 5.91 Å². The first-order chi connectivity index (χ1) is 11.5. The Kier molecular flexibility index (Phi) is 4.92. The molecule has 1 amide bonds. The summed E-state index contributed by atoms with van der Waals surface area (Å²) < 4.78 is 31.5. The van der Waals surface area contributed by atoms with Gasteiger partial charge in [0, 0.05) is 12.8 Å². The molecule has 0 radical (unpaired) electrons. The van der Waals surface area contributed by atoms with Crippen LogP contribution in [0.5, 0.6) is 0 Å². The molecule has 1 aliphatic rings. The summed E-state index contributed by atoms with van der Waals surface area (Å²) in [4.78, 5) is 16.2. The Morgan fingerprint density at radius 3 is 2.71 bits per heavy atom. The number of hydrogen-bond donors (Lipinski definition) is 1. The molecule has 0 saturated carbocycles. The van der Waals surface area contributed by atoms with Crippen LogP contribution in [0.2, 0.25) is 0 Å². The predicted octanol–water partition coefficient (Wildman–Crippen LogP) is 1.99. The van der Waals surface area contributed by atoms with Crippen molar-refractivity contribution in [1.29, 1.82) is 0 Å². The van der Waals surface area contributed by atoms with E-state index in [0.29, 0.717) is 13.0 Å². The molecule has 0 aliphatic carbocycles. The van der Waals surface area contributed by atoms with Crippen molar-refractivity contribution in [2.45, 2.75) is 18.9 Å². The number of carbonyl (C=O) groups excluding carboxylic acids is 1. The molecular weight excluding hydrogens is 328 g/mol. The highest BCUT2D eigenvalue weighted by molar-refractivity contribution is 7.90. The van der Waals surface area contributed by atoms with Gasteiger partial charge in [0.15, 0.2) is 0 Å². The van der Waals surface area contributed by atoms with E-state index >= 15 is 0 Å². The third kappa shape index (κ3) is 4.18. The molecule has 1 aromatic heterocycles.